The van der Waals surface area contributed by atoms with Crippen LogP contribution in [-0.2, 0) is 0 Å². The van der Waals surface area contributed by atoms with Gasteiger partial charge in [-0.05, 0) is 34.5 Å². The Morgan fingerprint density at radius 2 is 2.47 bits per heavy atom. The predicted molar refractivity (Wildman–Crippen MR) is 58.5 cm³/mol. The second kappa shape index (κ2) is 4.28. The molecule has 1 aromatic rings. The standard InChI is InChI=1S/C10H11BrN2O2/c11-9-8(2-1-4-12-9)10(15)13-5-3-7(14)6-13/h1-2,4,7,14H,3,5-6H2/t7-/m0/s1. The monoisotopic (exact) mass is 270 g/mol. The maximum Gasteiger partial charge on any atom is 0.256 e. The van der Waals surface area contributed by atoms with Crippen molar-refractivity contribution >= 4 is 21.8 Å². The van der Waals surface area contributed by atoms with Gasteiger partial charge in [-0.2, -0.15) is 0 Å². The SMILES string of the molecule is O=C(c1cccnc1Br)N1CC[C@H](O)C1. The predicted octanol–water partition coefficient (Wildman–Crippen LogP) is 1.05. The molecule has 0 spiro atoms. The van der Waals surface area contributed by atoms with Crippen molar-refractivity contribution in [2.75, 3.05) is 13.1 Å². The number of β-amino-alcohol motifs (C(OH)–C–C–N with tert-alkyl or cyclic N) is 1. The number of rotatable bonds is 1. The number of halogens is 1. The topological polar surface area (TPSA) is 53.4 Å². The zero-order valence-electron chi connectivity index (χ0n) is 8.06. The van der Waals surface area contributed by atoms with Crippen LogP contribution >= 0.6 is 15.9 Å². The van der Waals surface area contributed by atoms with Crippen LogP contribution in [0.4, 0.5) is 0 Å². The molecular formula is C10H11BrN2O2. The maximum absolute atomic E-state index is 12.0. The van der Waals surface area contributed by atoms with E-state index in [2.05, 4.69) is 20.9 Å². The van der Waals surface area contributed by atoms with Crippen LogP contribution in [0.2, 0.25) is 0 Å². The molecule has 4 nitrogen and oxygen atoms in total. The average molecular weight is 271 g/mol. The number of hydrogen-bond acceptors (Lipinski definition) is 3. The Morgan fingerprint density at radius 3 is 3.07 bits per heavy atom. The van der Waals surface area contributed by atoms with Crippen molar-refractivity contribution in [3.05, 3.63) is 28.5 Å². The Labute approximate surface area is 96.1 Å². The van der Waals surface area contributed by atoms with E-state index in [9.17, 15) is 9.90 Å². The first-order valence-electron chi connectivity index (χ1n) is 4.76. The summed E-state index contributed by atoms with van der Waals surface area (Å²) in [6.07, 6.45) is 1.90. The molecule has 1 aromatic heterocycles. The summed E-state index contributed by atoms with van der Waals surface area (Å²) < 4.78 is 0.552. The zero-order chi connectivity index (χ0) is 10.8. The number of aliphatic hydroxyl groups excluding tert-OH is 1. The second-order valence-corrected chi connectivity index (χ2v) is 4.29. The van der Waals surface area contributed by atoms with E-state index in [-0.39, 0.29) is 12.0 Å². The summed E-state index contributed by atoms with van der Waals surface area (Å²) in [5.74, 6) is -0.0773. The molecule has 0 bridgehead atoms. The van der Waals surface area contributed by atoms with Crippen molar-refractivity contribution in [1.82, 2.24) is 9.88 Å². The molecule has 0 unspecified atom stereocenters. The fraction of sp³-hybridized carbons (Fsp3) is 0.400. The van der Waals surface area contributed by atoms with Gasteiger partial charge in [-0.25, -0.2) is 4.98 Å². The summed E-state index contributed by atoms with van der Waals surface area (Å²) >= 11 is 3.24. The number of pyridine rings is 1. The van der Waals surface area contributed by atoms with E-state index in [1.807, 2.05) is 0 Å². The van der Waals surface area contributed by atoms with E-state index in [1.165, 1.54) is 0 Å². The number of aromatic nitrogens is 1. The lowest BCUT2D eigenvalue weighted by Crippen LogP contribution is -2.29. The Balaban J connectivity index is 2.18. The molecular weight excluding hydrogens is 260 g/mol. The molecule has 0 saturated carbocycles. The van der Waals surface area contributed by atoms with Gasteiger partial charge in [0.15, 0.2) is 0 Å². The fourth-order valence-electron chi connectivity index (χ4n) is 1.64. The van der Waals surface area contributed by atoms with Gasteiger partial charge in [-0.3, -0.25) is 4.79 Å². The van der Waals surface area contributed by atoms with Crippen molar-refractivity contribution in [2.45, 2.75) is 12.5 Å². The Morgan fingerprint density at radius 1 is 1.67 bits per heavy atom. The average Bonchev–Trinajstić information content (AvgIpc) is 2.65. The molecule has 1 aliphatic rings. The molecule has 1 atom stereocenters. The summed E-state index contributed by atoms with van der Waals surface area (Å²) in [6, 6.07) is 3.45. The number of aliphatic hydroxyl groups is 1. The lowest BCUT2D eigenvalue weighted by atomic mass is 10.2. The number of nitrogens with zero attached hydrogens (tertiary/aromatic N) is 2. The van der Waals surface area contributed by atoms with Gasteiger partial charge in [0.2, 0.25) is 0 Å². The summed E-state index contributed by atoms with van der Waals surface area (Å²) in [5.41, 5.74) is 0.548. The molecule has 0 aliphatic carbocycles. The minimum Gasteiger partial charge on any atom is -0.391 e. The largest absolute Gasteiger partial charge is 0.391 e. The van der Waals surface area contributed by atoms with E-state index in [4.69, 9.17) is 0 Å². The third-order valence-electron chi connectivity index (χ3n) is 2.44. The molecule has 1 N–H and O–H groups in total. The van der Waals surface area contributed by atoms with Gasteiger partial charge < -0.3 is 10.0 Å². The van der Waals surface area contributed by atoms with E-state index in [0.717, 1.165) is 0 Å². The summed E-state index contributed by atoms with van der Waals surface area (Å²) in [4.78, 5) is 17.6. The molecule has 1 saturated heterocycles. The van der Waals surface area contributed by atoms with Crippen molar-refractivity contribution < 1.29 is 9.90 Å². The Kier molecular flexibility index (Phi) is 3.02. The molecule has 5 heteroatoms. The fourth-order valence-corrected chi connectivity index (χ4v) is 2.06. The highest BCUT2D eigenvalue weighted by Crippen LogP contribution is 2.18. The highest BCUT2D eigenvalue weighted by molar-refractivity contribution is 9.10. The van der Waals surface area contributed by atoms with Crippen LogP contribution in [0.1, 0.15) is 16.8 Å². The van der Waals surface area contributed by atoms with Crippen LogP contribution in [0.3, 0.4) is 0 Å². The molecule has 15 heavy (non-hydrogen) atoms. The van der Waals surface area contributed by atoms with Gasteiger partial charge in [-0.15, -0.1) is 0 Å². The smallest absolute Gasteiger partial charge is 0.256 e. The minimum atomic E-state index is -0.385. The maximum atomic E-state index is 12.0. The molecule has 2 rings (SSSR count). The van der Waals surface area contributed by atoms with Gasteiger partial charge in [0.05, 0.1) is 11.7 Å². The first-order chi connectivity index (χ1) is 7.18. The lowest BCUT2D eigenvalue weighted by molar-refractivity contribution is 0.0763. The first-order valence-corrected chi connectivity index (χ1v) is 5.55. The molecule has 0 radical (unpaired) electrons. The van der Waals surface area contributed by atoms with Gasteiger partial charge in [0.25, 0.3) is 5.91 Å². The highest BCUT2D eigenvalue weighted by atomic mass is 79.9. The Hall–Kier alpha value is -0.940. The van der Waals surface area contributed by atoms with E-state index < -0.39 is 0 Å². The van der Waals surface area contributed by atoms with Crippen molar-refractivity contribution in [3.63, 3.8) is 0 Å². The quantitative estimate of drug-likeness (QED) is 0.777. The van der Waals surface area contributed by atoms with Gasteiger partial charge in [0, 0.05) is 19.3 Å². The van der Waals surface area contributed by atoms with E-state index in [0.29, 0.717) is 29.7 Å². The molecule has 2 heterocycles. The number of carbonyl (C=O) groups is 1. The number of amides is 1. The van der Waals surface area contributed by atoms with E-state index in [1.54, 1.807) is 23.2 Å². The minimum absolute atomic E-state index is 0.0773. The van der Waals surface area contributed by atoms with Crippen LogP contribution in [0.5, 0.6) is 0 Å². The van der Waals surface area contributed by atoms with Crippen molar-refractivity contribution in [2.24, 2.45) is 0 Å². The summed E-state index contributed by atoms with van der Waals surface area (Å²) in [6.45, 7) is 1.03. The van der Waals surface area contributed by atoms with Gasteiger partial charge >= 0.3 is 0 Å². The first kappa shape index (κ1) is 10.6. The van der Waals surface area contributed by atoms with Crippen LogP contribution in [0, 0.1) is 0 Å². The molecule has 1 amide bonds. The third kappa shape index (κ3) is 2.18. The summed E-state index contributed by atoms with van der Waals surface area (Å²) in [5, 5.41) is 9.34. The molecule has 0 aromatic carbocycles. The highest BCUT2D eigenvalue weighted by Gasteiger charge is 2.26. The van der Waals surface area contributed by atoms with Crippen LogP contribution in [-0.4, -0.2) is 40.1 Å². The van der Waals surface area contributed by atoms with Crippen LogP contribution in [0.25, 0.3) is 0 Å². The number of likely N-dealkylation sites (tertiary alicyclic amines) is 1. The number of hydrogen-bond donors (Lipinski definition) is 1. The second-order valence-electron chi connectivity index (χ2n) is 3.54. The Bertz CT molecular complexity index is 383. The van der Waals surface area contributed by atoms with Gasteiger partial charge in [-0.1, -0.05) is 0 Å². The zero-order valence-corrected chi connectivity index (χ0v) is 9.64. The van der Waals surface area contributed by atoms with Crippen LogP contribution < -0.4 is 0 Å². The summed E-state index contributed by atoms with van der Waals surface area (Å²) in [7, 11) is 0. The number of carbonyl (C=O) groups excluding carboxylic acids is 1. The third-order valence-corrected chi connectivity index (χ3v) is 3.07. The normalized spacial score (nSPS) is 20.7. The van der Waals surface area contributed by atoms with Crippen molar-refractivity contribution in [3.8, 4) is 0 Å². The molecule has 1 fully saturated rings. The van der Waals surface area contributed by atoms with Crippen molar-refractivity contribution in [1.29, 1.82) is 0 Å². The van der Waals surface area contributed by atoms with Crippen LogP contribution in [0.15, 0.2) is 22.9 Å². The van der Waals surface area contributed by atoms with Gasteiger partial charge in [0.1, 0.15) is 4.60 Å². The molecule has 80 valence electrons. The van der Waals surface area contributed by atoms with E-state index >= 15 is 0 Å². The molecule has 1 aliphatic heterocycles. The lowest BCUT2D eigenvalue weighted by Gasteiger charge is -2.15.